The highest BCUT2D eigenvalue weighted by Crippen LogP contribution is 2.16. The molecule has 0 saturated carbocycles. The second-order valence-corrected chi connectivity index (χ2v) is 11.1. The van der Waals surface area contributed by atoms with Gasteiger partial charge < -0.3 is 14.1 Å². The topological polar surface area (TPSA) is 33.3 Å². The fourth-order valence-corrected chi connectivity index (χ4v) is 9.28. The zero-order chi connectivity index (χ0) is 11.0. The minimum atomic E-state index is -1.33. The predicted octanol–water partition coefficient (Wildman–Crippen LogP) is 1.55. The summed E-state index contributed by atoms with van der Waals surface area (Å²) in [6.07, 6.45) is 0. The molecule has 0 heterocycles. The van der Waals surface area contributed by atoms with Gasteiger partial charge in [-0.1, -0.05) is 20.8 Å². The molecule has 2 N–H and O–H groups in total. The van der Waals surface area contributed by atoms with Gasteiger partial charge in [-0.2, -0.15) is 0 Å². The van der Waals surface area contributed by atoms with Crippen LogP contribution in [-0.2, 0) is 4.43 Å². The lowest BCUT2D eigenvalue weighted by atomic mass is 10.9. The SMILES string of the molecule is CCO[SiH](NC)N[Si](CC)(CC)CC. The Morgan fingerprint density at radius 2 is 1.57 bits per heavy atom. The average molecular weight is 234 g/mol. The van der Waals surface area contributed by atoms with E-state index in [9.17, 15) is 0 Å². The Labute approximate surface area is 91.6 Å². The molecule has 0 radical (unpaired) electrons. The van der Waals surface area contributed by atoms with Crippen molar-refractivity contribution in [2.45, 2.75) is 45.8 Å². The summed E-state index contributed by atoms with van der Waals surface area (Å²) in [6.45, 7) is 9.79. The van der Waals surface area contributed by atoms with E-state index in [0.717, 1.165) is 6.61 Å². The summed E-state index contributed by atoms with van der Waals surface area (Å²) in [5, 5.41) is 0. The van der Waals surface area contributed by atoms with Crippen molar-refractivity contribution in [2.75, 3.05) is 13.7 Å². The fraction of sp³-hybridized carbons (Fsp3) is 1.00. The van der Waals surface area contributed by atoms with Crippen molar-refractivity contribution >= 4 is 17.6 Å². The molecule has 5 heteroatoms. The van der Waals surface area contributed by atoms with E-state index in [-0.39, 0.29) is 0 Å². The van der Waals surface area contributed by atoms with E-state index in [1.54, 1.807) is 0 Å². The summed E-state index contributed by atoms with van der Waals surface area (Å²) in [6, 6.07) is 3.91. The highest BCUT2D eigenvalue weighted by molar-refractivity contribution is 6.84. The third kappa shape index (κ3) is 4.23. The zero-order valence-electron chi connectivity index (χ0n) is 10.3. The van der Waals surface area contributed by atoms with Crippen molar-refractivity contribution in [3.63, 3.8) is 0 Å². The van der Waals surface area contributed by atoms with Gasteiger partial charge >= 0.3 is 9.36 Å². The summed E-state index contributed by atoms with van der Waals surface area (Å²) in [4.78, 5) is 3.30. The maximum absolute atomic E-state index is 5.70. The maximum Gasteiger partial charge on any atom is 0.328 e. The summed E-state index contributed by atoms with van der Waals surface area (Å²) >= 11 is 0. The number of rotatable bonds is 8. The van der Waals surface area contributed by atoms with Crippen molar-refractivity contribution in [3.05, 3.63) is 0 Å². The molecule has 1 atom stereocenters. The van der Waals surface area contributed by atoms with Crippen molar-refractivity contribution in [1.29, 1.82) is 0 Å². The van der Waals surface area contributed by atoms with Crippen LogP contribution in [0.15, 0.2) is 0 Å². The Balaban J connectivity index is 4.24. The van der Waals surface area contributed by atoms with Gasteiger partial charge in [-0.15, -0.1) is 0 Å². The van der Waals surface area contributed by atoms with E-state index in [4.69, 9.17) is 4.43 Å². The lowest BCUT2D eigenvalue weighted by Crippen LogP contribution is -2.61. The highest BCUT2D eigenvalue weighted by atomic mass is 28.4. The van der Waals surface area contributed by atoms with Crippen LogP contribution in [0.1, 0.15) is 27.7 Å². The summed E-state index contributed by atoms with van der Waals surface area (Å²) in [5.74, 6) is 0. The van der Waals surface area contributed by atoms with Crippen LogP contribution in [0.25, 0.3) is 0 Å². The van der Waals surface area contributed by atoms with Crippen LogP contribution in [-0.4, -0.2) is 31.3 Å². The van der Waals surface area contributed by atoms with E-state index in [2.05, 4.69) is 37.3 Å². The van der Waals surface area contributed by atoms with Crippen molar-refractivity contribution in [2.24, 2.45) is 0 Å². The summed E-state index contributed by atoms with van der Waals surface area (Å²) in [7, 11) is -0.544. The first-order valence-electron chi connectivity index (χ1n) is 5.74. The van der Waals surface area contributed by atoms with Crippen molar-refractivity contribution in [3.8, 4) is 0 Å². The predicted molar refractivity (Wildman–Crippen MR) is 68.2 cm³/mol. The summed E-state index contributed by atoms with van der Waals surface area (Å²) in [5.41, 5.74) is 0. The van der Waals surface area contributed by atoms with Gasteiger partial charge in [0.15, 0.2) is 0 Å². The molecule has 0 bridgehead atoms. The van der Waals surface area contributed by atoms with Crippen LogP contribution in [0.3, 0.4) is 0 Å². The molecule has 0 aromatic heterocycles. The minimum Gasteiger partial charge on any atom is -0.395 e. The van der Waals surface area contributed by atoms with Gasteiger partial charge in [0.1, 0.15) is 8.24 Å². The van der Waals surface area contributed by atoms with Gasteiger partial charge in [0.2, 0.25) is 0 Å². The molecule has 0 aliphatic rings. The molecule has 86 valence electrons. The van der Waals surface area contributed by atoms with Gasteiger partial charge in [-0.3, -0.25) is 0 Å². The highest BCUT2D eigenvalue weighted by Gasteiger charge is 2.30. The first-order chi connectivity index (χ1) is 6.67. The van der Waals surface area contributed by atoms with Gasteiger partial charge in [0.05, 0.1) is 0 Å². The van der Waals surface area contributed by atoms with Crippen LogP contribution in [0.4, 0.5) is 0 Å². The molecule has 0 saturated heterocycles. The summed E-state index contributed by atoms with van der Waals surface area (Å²) < 4.78 is 9.52. The molecule has 0 fully saturated rings. The molecule has 0 amide bonds. The molecule has 14 heavy (non-hydrogen) atoms. The Hall–Kier alpha value is 0.314. The Morgan fingerprint density at radius 3 is 1.86 bits per heavy atom. The fourth-order valence-electron chi connectivity index (χ4n) is 1.70. The molecule has 0 spiro atoms. The second-order valence-electron chi connectivity index (χ2n) is 3.61. The minimum absolute atomic E-state index is 0.812. The van der Waals surface area contributed by atoms with Crippen LogP contribution < -0.4 is 9.63 Å². The van der Waals surface area contributed by atoms with E-state index < -0.39 is 17.6 Å². The molecular weight excluding hydrogens is 208 g/mol. The average Bonchev–Trinajstić information content (AvgIpc) is 2.25. The Morgan fingerprint density at radius 1 is 1.07 bits per heavy atom. The molecule has 0 aromatic carbocycles. The molecule has 0 aliphatic heterocycles. The Kier molecular flexibility index (Phi) is 7.76. The van der Waals surface area contributed by atoms with E-state index in [1.807, 2.05) is 7.05 Å². The molecule has 3 nitrogen and oxygen atoms in total. The number of nitrogens with one attached hydrogen (secondary N) is 2. The Bertz CT molecular complexity index is 135. The third-order valence-corrected chi connectivity index (χ3v) is 11.8. The van der Waals surface area contributed by atoms with Gasteiger partial charge in [-0.25, -0.2) is 0 Å². The lowest BCUT2D eigenvalue weighted by molar-refractivity contribution is 0.332. The van der Waals surface area contributed by atoms with E-state index >= 15 is 0 Å². The standard InChI is InChI=1S/C9H26N2OSi2/c1-6-12-13(10-5)11-14(7-2,8-3)9-4/h10-11,13H,6-9H2,1-5H3. The third-order valence-electron chi connectivity index (χ3n) is 3.06. The number of hydrogen-bond donors (Lipinski definition) is 2. The maximum atomic E-state index is 5.70. The van der Waals surface area contributed by atoms with Gasteiger partial charge in [-0.05, 0) is 32.1 Å². The molecule has 1 unspecified atom stereocenters. The van der Waals surface area contributed by atoms with Crippen molar-refractivity contribution in [1.82, 2.24) is 9.63 Å². The van der Waals surface area contributed by atoms with Crippen LogP contribution in [0.2, 0.25) is 18.1 Å². The second kappa shape index (κ2) is 7.59. The van der Waals surface area contributed by atoms with E-state index in [1.165, 1.54) is 18.1 Å². The first kappa shape index (κ1) is 14.3. The van der Waals surface area contributed by atoms with Gasteiger partial charge in [0, 0.05) is 6.61 Å². The van der Waals surface area contributed by atoms with Crippen LogP contribution in [0.5, 0.6) is 0 Å². The monoisotopic (exact) mass is 234 g/mol. The quantitative estimate of drug-likeness (QED) is 0.625. The van der Waals surface area contributed by atoms with Crippen LogP contribution in [0, 0.1) is 0 Å². The lowest BCUT2D eigenvalue weighted by Gasteiger charge is -2.32. The van der Waals surface area contributed by atoms with Gasteiger partial charge in [0.25, 0.3) is 0 Å². The molecule has 0 aromatic rings. The van der Waals surface area contributed by atoms with Crippen molar-refractivity contribution < 1.29 is 4.43 Å². The number of hydrogen-bond acceptors (Lipinski definition) is 3. The zero-order valence-corrected chi connectivity index (χ0v) is 12.5. The molecule has 0 aliphatic carbocycles. The van der Waals surface area contributed by atoms with E-state index in [0.29, 0.717) is 0 Å². The molecular formula is C9H26N2OSi2. The smallest absolute Gasteiger partial charge is 0.328 e. The molecule has 0 rings (SSSR count). The van der Waals surface area contributed by atoms with Crippen LogP contribution >= 0.6 is 0 Å². The first-order valence-corrected chi connectivity index (χ1v) is 9.99. The normalized spacial score (nSPS) is 14.4. The largest absolute Gasteiger partial charge is 0.395 e.